The van der Waals surface area contributed by atoms with Gasteiger partial charge in [-0.2, -0.15) is 0 Å². The maximum Gasteiger partial charge on any atom is 0.338 e. The molecule has 0 saturated heterocycles. The number of nitrogens with one attached hydrogen (secondary N) is 2. The second kappa shape index (κ2) is 9.69. The van der Waals surface area contributed by atoms with Gasteiger partial charge in [-0.05, 0) is 36.8 Å². The van der Waals surface area contributed by atoms with Crippen LogP contribution in [0.2, 0.25) is 0 Å². The van der Waals surface area contributed by atoms with Gasteiger partial charge in [-0.15, -0.1) is 0 Å². The van der Waals surface area contributed by atoms with Gasteiger partial charge in [0.2, 0.25) is 0 Å². The number of hydrogen-bond acceptors (Lipinski definition) is 4. The predicted molar refractivity (Wildman–Crippen MR) is 111 cm³/mol. The van der Waals surface area contributed by atoms with Gasteiger partial charge in [-0.1, -0.05) is 25.1 Å². The molecule has 0 fully saturated rings. The minimum Gasteiger partial charge on any atom is -0.462 e. The molecule has 8 heteroatoms. The molecule has 30 heavy (non-hydrogen) atoms. The number of carbonyl (C=O) groups is 2. The molecule has 3 rings (SSSR count). The first-order valence-electron chi connectivity index (χ1n) is 9.56. The first-order valence-corrected chi connectivity index (χ1v) is 9.56. The van der Waals surface area contributed by atoms with Crippen LogP contribution in [0.25, 0.3) is 0 Å². The van der Waals surface area contributed by atoms with Gasteiger partial charge in [0, 0.05) is 30.7 Å². The molecule has 1 aromatic heterocycles. The maximum atomic E-state index is 14.4. The topological polar surface area (TPSA) is 85.2 Å². The van der Waals surface area contributed by atoms with E-state index in [9.17, 15) is 14.0 Å². The molecule has 0 aliphatic rings. The molecule has 0 saturated carbocycles. The Labute approximate surface area is 173 Å². The first kappa shape index (κ1) is 21.0. The van der Waals surface area contributed by atoms with Gasteiger partial charge < -0.3 is 19.9 Å². The molecule has 0 aliphatic heterocycles. The number of halogens is 1. The molecule has 0 unspecified atom stereocenters. The van der Waals surface area contributed by atoms with E-state index in [1.807, 2.05) is 6.92 Å². The molecule has 0 bridgehead atoms. The lowest BCUT2D eigenvalue weighted by Gasteiger charge is -2.20. The van der Waals surface area contributed by atoms with Crippen molar-refractivity contribution >= 4 is 17.7 Å². The Morgan fingerprint density at radius 1 is 1.17 bits per heavy atom. The number of esters is 1. The van der Waals surface area contributed by atoms with Crippen molar-refractivity contribution in [2.75, 3.05) is 11.9 Å². The molecule has 3 aromatic rings. The molecule has 2 aromatic carbocycles. The van der Waals surface area contributed by atoms with E-state index in [2.05, 4.69) is 15.6 Å². The Hall–Kier alpha value is -3.68. The Kier molecular flexibility index (Phi) is 6.79. The molecule has 2 amide bonds. The highest BCUT2D eigenvalue weighted by Gasteiger charge is 2.23. The first-order chi connectivity index (χ1) is 14.5. The number of rotatable bonds is 7. The SMILES string of the molecule is CCCOC(=O)c1ccc(NC(=O)N[C@H](c2ccccc2F)c2nccn2C)cc1. The highest BCUT2D eigenvalue weighted by atomic mass is 19.1. The van der Waals surface area contributed by atoms with E-state index in [0.717, 1.165) is 6.42 Å². The number of anilines is 1. The Balaban J connectivity index is 1.73. The maximum absolute atomic E-state index is 14.4. The second-order valence-electron chi connectivity index (χ2n) is 6.66. The molecule has 0 spiro atoms. The van der Waals surface area contributed by atoms with Crippen molar-refractivity contribution in [3.63, 3.8) is 0 Å². The lowest BCUT2D eigenvalue weighted by molar-refractivity contribution is 0.0505. The van der Waals surface area contributed by atoms with E-state index in [4.69, 9.17) is 4.74 Å². The van der Waals surface area contributed by atoms with Gasteiger partial charge in [-0.25, -0.2) is 19.0 Å². The minimum absolute atomic E-state index is 0.302. The van der Waals surface area contributed by atoms with Crippen LogP contribution in [0.15, 0.2) is 60.9 Å². The standard InChI is InChI=1S/C22H23FN4O3/c1-3-14-30-21(28)15-8-10-16(11-9-15)25-22(29)26-19(20-24-12-13-27(20)2)17-6-4-5-7-18(17)23/h4-13,19H,3,14H2,1-2H3,(H2,25,26,29)/t19-/m1/s1. The van der Waals surface area contributed by atoms with E-state index in [1.54, 1.807) is 66.5 Å². The summed E-state index contributed by atoms with van der Waals surface area (Å²) in [7, 11) is 1.77. The zero-order chi connectivity index (χ0) is 21.5. The van der Waals surface area contributed by atoms with Gasteiger partial charge in [-0.3, -0.25) is 0 Å². The van der Waals surface area contributed by atoms with Crippen molar-refractivity contribution in [2.24, 2.45) is 7.05 Å². The van der Waals surface area contributed by atoms with Crippen LogP contribution in [0.3, 0.4) is 0 Å². The number of aromatic nitrogens is 2. The normalized spacial score (nSPS) is 11.6. The second-order valence-corrected chi connectivity index (χ2v) is 6.66. The van der Waals surface area contributed by atoms with E-state index < -0.39 is 23.9 Å². The third-order valence-corrected chi connectivity index (χ3v) is 4.42. The summed E-state index contributed by atoms with van der Waals surface area (Å²) in [6.07, 6.45) is 4.04. The van der Waals surface area contributed by atoms with Crippen molar-refractivity contribution in [3.8, 4) is 0 Å². The fourth-order valence-corrected chi connectivity index (χ4v) is 2.91. The minimum atomic E-state index is -0.783. The van der Waals surface area contributed by atoms with Gasteiger partial charge in [0.25, 0.3) is 0 Å². The Bertz CT molecular complexity index is 1020. The zero-order valence-corrected chi connectivity index (χ0v) is 16.8. The molecule has 1 heterocycles. The fourth-order valence-electron chi connectivity index (χ4n) is 2.91. The number of imidazole rings is 1. The van der Waals surface area contributed by atoms with E-state index >= 15 is 0 Å². The molecule has 7 nitrogen and oxygen atoms in total. The molecule has 2 N–H and O–H groups in total. The van der Waals surface area contributed by atoms with Crippen molar-refractivity contribution in [1.29, 1.82) is 0 Å². The summed E-state index contributed by atoms with van der Waals surface area (Å²) in [5.74, 6) is -0.368. The number of carbonyl (C=O) groups excluding carboxylic acids is 2. The van der Waals surface area contributed by atoms with Crippen molar-refractivity contribution in [2.45, 2.75) is 19.4 Å². The number of benzene rings is 2. The number of aryl methyl sites for hydroxylation is 1. The van der Waals surface area contributed by atoms with Crippen molar-refractivity contribution in [3.05, 3.63) is 83.7 Å². The summed E-state index contributed by atoms with van der Waals surface area (Å²) < 4.78 is 21.2. The van der Waals surface area contributed by atoms with E-state index in [-0.39, 0.29) is 0 Å². The van der Waals surface area contributed by atoms with Gasteiger partial charge in [0.05, 0.1) is 12.2 Å². The number of ether oxygens (including phenoxy) is 1. The van der Waals surface area contributed by atoms with Gasteiger partial charge in [0.1, 0.15) is 17.7 Å². The highest BCUT2D eigenvalue weighted by molar-refractivity contribution is 5.92. The smallest absolute Gasteiger partial charge is 0.338 e. The Morgan fingerprint density at radius 2 is 1.90 bits per heavy atom. The average Bonchev–Trinajstić information content (AvgIpc) is 3.17. The third kappa shape index (κ3) is 5.02. The lowest BCUT2D eigenvalue weighted by Crippen LogP contribution is -2.35. The molecule has 0 radical (unpaired) electrons. The molecular formula is C22H23FN4O3. The summed E-state index contributed by atoms with van der Waals surface area (Å²) >= 11 is 0. The number of nitrogens with zero attached hydrogens (tertiary/aromatic N) is 2. The highest BCUT2D eigenvalue weighted by Crippen LogP contribution is 2.23. The largest absolute Gasteiger partial charge is 0.462 e. The van der Waals surface area contributed by atoms with Crippen molar-refractivity contribution in [1.82, 2.24) is 14.9 Å². The molecular weight excluding hydrogens is 387 g/mol. The van der Waals surface area contributed by atoms with Crippen LogP contribution in [-0.4, -0.2) is 28.2 Å². The van der Waals surface area contributed by atoms with E-state index in [0.29, 0.717) is 29.2 Å². The number of amides is 2. The lowest BCUT2D eigenvalue weighted by atomic mass is 10.1. The Morgan fingerprint density at radius 3 is 2.53 bits per heavy atom. The third-order valence-electron chi connectivity index (χ3n) is 4.42. The van der Waals surface area contributed by atoms with Crippen LogP contribution in [0, 0.1) is 5.82 Å². The molecule has 156 valence electrons. The average molecular weight is 410 g/mol. The van der Waals surface area contributed by atoms with Crippen LogP contribution < -0.4 is 10.6 Å². The van der Waals surface area contributed by atoms with Gasteiger partial charge >= 0.3 is 12.0 Å². The van der Waals surface area contributed by atoms with Crippen LogP contribution in [0.5, 0.6) is 0 Å². The van der Waals surface area contributed by atoms with Crippen LogP contribution in [0.4, 0.5) is 14.9 Å². The number of urea groups is 1. The van der Waals surface area contributed by atoms with Crippen LogP contribution >= 0.6 is 0 Å². The number of hydrogen-bond donors (Lipinski definition) is 2. The summed E-state index contributed by atoms with van der Waals surface area (Å²) in [5, 5.41) is 5.46. The summed E-state index contributed by atoms with van der Waals surface area (Å²) in [5.41, 5.74) is 1.18. The molecule has 1 atom stereocenters. The monoisotopic (exact) mass is 410 g/mol. The van der Waals surface area contributed by atoms with E-state index in [1.165, 1.54) is 6.07 Å². The van der Waals surface area contributed by atoms with Crippen LogP contribution in [0.1, 0.15) is 41.1 Å². The molecule has 0 aliphatic carbocycles. The van der Waals surface area contributed by atoms with Crippen molar-refractivity contribution < 1.29 is 18.7 Å². The predicted octanol–water partition coefficient (Wildman–Crippen LogP) is 4.04. The summed E-state index contributed by atoms with van der Waals surface area (Å²) in [6.45, 7) is 2.27. The quantitative estimate of drug-likeness (QED) is 0.576. The summed E-state index contributed by atoms with van der Waals surface area (Å²) in [6, 6.07) is 11.2. The summed E-state index contributed by atoms with van der Waals surface area (Å²) in [4.78, 5) is 28.7. The zero-order valence-electron chi connectivity index (χ0n) is 16.8. The van der Waals surface area contributed by atoms with Gasteiger partial charge in [0.15, 0.2) is 0 Å². The van der Waals surface area contributed by atoms with Crippen LogP contribution in [-0.2, 0) is 11.8 Å². The fraction of sp³-hybridized carbons (Fsp3) is 0.227.